The Morgan fingerprint density at radius 3 is 2.22 bits per heavy atom. The molecule has 1 atom stereocenters. The van der Waals surface area contributed by atoms with Crippen LogP contribution in [0.3, 0.4) is 0 Å². The minimum Gasteiger partial charge on any atom is -0.479 e. The number of anilines is 1. The van der Waals surface area contributed by atoms with Gasteiger partial charge in [-0.3, -0.25) is 9.29 Å². The molecular formula is C28H31FN2O5S. The van der Waals surface area contributed by atoms with Crippen LogP contribution < -0.4 is 4.31 Å². The molecule has 0 saturated heterocycles. The van der Waals surface area contributed by atoms with Crippen LogP contribution in [-0.2, 0) is 26.1 Å². The third kappa shape index (κ3) is 4.85. The maximum absolute atomic E-state index is 15.3. The summed E-state index contributed by atoms with van der Waals surface area (Å²) in [6, 6.07) is 7.58. The van der Waals surface area contributed by atoms with Crippen molar-refractivity contribution in [3.63, 3.8) is 0 Å². The normalized spacial score (nSPS) is 14.2. The van der Waals surface area contributed by atoms with Crippen LogP contribution in [0.25, 0.3) is 22.3 Å². The van der Waals surface area contributed by atoms with E-state index in [0.29, 0.717) is 33.4 Å². The van der Waals surface area contributed by atoms with E-state index in [9.17, 15) is 18.3 Å². The second-order valence-electron chi connectivity index (χ2n) is 10.5. The molecule has 1 aliphatic heterocycles. The van der Waals surface area contributed by atoms with Crippen molar-refractivity contribution in [2.75, 3.05) is 10.6 Å². The number of aromatic nitrogens is 1. The van der Waals surface area contributed by atoms with Gasteiger partial charge < -0.3 is 9.84 Å². The summed E-state index contributed by atoms with van der Waals surface area (Å²) in [6.07, 6.45) is 2.26. The van der Waals surface area contributed by atoms with Crippen LogP contribution in [0.2, 0.25) is 0 Å². The standard InChI is InChI=1S/C28H31FN2O5S/c1-15-8-10-18(11-9-15)21-16(2)22-24-19(12-30-13-20(24)29)14-31(37(7,34)35)25(22)17(3)23(21)26(27(32)33)36-28(4,5)6/h8-13,26H,14H2,1-7H3,(H,32,33)/t26-/m0/s1. The molecule has 1 aromatic heterocycles. The van der Waals surface area contributed by atoms with Gasteiger partial charge in [-0.2, -0.15) is 0 Å². The molecule has 4 rings (SSSR count). The monoisotopic (exact) mass is 526 g/mol. The van der Waals surface area contributed by atoms with E-state index in [1.165, 1.54) is 10.5 Å². The number of fused-ring (bicyclic) bond motifs is 3. The molecule has 0 saturated carbocycles. The number of carbonyl (C=O) groups is 1. The number of hydrogen-bond acceptors (Lipinski definition) is 5. The van der Waals surface area contributed by atoms with Crippen molar-refractivity contribution in [2.45, 2.75) is 59.8 Å². The van der Waals surface area contributed by atoms with E-state index in [4.69, 9.17) is 4.74 Å². The maximum atomic E-state index is 15.3. The van der Waals surface area contributed by atoms with Gasteiger partial charge >= 0.3 is 5.97 Å². The van der Waals surface area contributed by atoms with Crippen molar-refractivity contribution in [3.8, 4) is 22.3 Å². The summed E-state index contributed by atoms with van der Waals surface area (Å²) < 4.78 is 48.6. The third-order valence-corrected chi connectivity index (χ3v) is 7.62. The van der Waals surface area contributed by atoms with Gasteiger partial charge in [0.15, 0.2) is 6.10 Å². The summed E-state index contributed by atoms with van der Waals surface area (Å²) >= 11 is 0. The minimum atomic E-state index is -3.82. The van der Waals surface area contributed by atoms with Gasteiger partial charge in [-0.05, 0) is 63.8 Å². The van der Waals surface area contributed by atoms with Gasteiger partial charge in [-0.15, -0.1) is 0 Å². The number of carboxylic acid groups (broad SMARTS) is 1. The van der Waals surface area contributed by atoms with E-state index >= 15 is 4.39 Å². The first-order chi connectivity index (χ1) is 17.1. The Kier molecular flexibility index (Phi) is 6.67. The predicted octanol–water partition coefficient (Wildman–Crippen LogP) is 5.70. The lowest BCUT2D eigenvalue weighted by atomic mass is 9.80. The first-order valence-corrected chi connectivity index (χ1v) is 13.7. The lowest BCUT2D eigenvalue weighted by molar-refractivity contribution is -0.160. The summed E-state index contributed by atoms with van der Waals surface area (Å²) in [6.45, 7) is 10.6. The predicted molar refractivity (Wildman–Crippen MR) is 142 cm³/mol. The number of benzene rings is 2. The van der Waals surface area contributed by atoms with Crippen LogP contribution >= 0.6 is 0 Å². The van der Waals surface area contributed by atoms with E-state index in [1.54, 1.807) is 34.6 Å². The maximum Gasteiger partial charge on any atom is 0.337 e. The molecule has 2 aromatic carbocycles. The number of aliphatic carboxylic acids is 1. The van der Waals surface area contributed by atoms with E-state index in [-0.39, 0.29) is 17.8 Å². The number of pyridine rings is 1. The zero-order chi connectivity index (χ0) is 27.4. The summed E-state index contributed by atoms with van der Waals surface area (Å²) in [7, 11) is -3.82. The minimum absolute atomic E-state index is 0.118. The topological polar surface area (TPSA) is 96.8 Å². The molecule has 1 aliphatic rings. The molecule has 37 heavy (non-hydrogen) atoms. The highest BCUT2D eigenvalue weighted by Gasteiger charge is 2.39. The average Bonchev–Trinajstić information content (AvgIpc) is 2.78. The van der Waals surface area contributed by atoms with E-state index in [2.05, 4.69) is 4.98 Å². The molecule has 1 N–H and O–H groups in total. The number of aryl methyl sites for hydroxylation is 1. The van der Waals surface area contributed by atoms with Crippen molar-refractivity contribution in [1.82, 2.24) is 4.98 Å². The van der Waals surface area contributed by atoms with Gasteiger partial charge in [-0.25, -0.2) is 17.6 Å². The number of nitrogens with zero attached hydrogens (tertiary/aromatic N) is 2. The Balaban J connectivity index is 2.23. The molecule has 9 heteroatoms. The van der Waals surface area contributed by atoms with Crippen LogP contribution in [0.5, 0.6) is 0 Å². The van der Waals surface area contributed by atoms with Crippen molar-refractivity contribution in [1.29, 1.82) is 0 Å². The highest BCUT2D eigenvalue weighted by molar-refractivity contribution is 7.92. The summed E-state index contributed by atoms with van der Waals surface area (Å²) in [4.78, 5) is 16.6. The van der Waals surface area contributed by atoms with Crippen molar-refractivity contribution < 1.29 is 27.4 Å². The van der Waals surface area contributed by atoms with Crippen LogP contribution in [0.1, 0.15) is 54.7 Å². The number of ether oxygens (including phenoxy) is 1. The van der Waals surface area contributed by atoms with Crippen LogP contribution in [0, 0.1) is 26.6 Å². The molecule has 0 unspecified atom stereocenters. The van der Waals surface area contributed by atoms with Crippen molar-refractivity contribution in [2.24, 2.45) is 0 Å². The van der Waals surface area contributed by atoms with E-state index in [1.807, 2.05) is 31.2 Å². The Hall–Kier alpha value is -3.30. The summed E-state index contributed by atoms with van der Waals surface area (Å²) in [5.74, 6) is -1.78. The highest BCUT2D eigenvalue weighted by Crippen LogP contribution is 2.51. The first kappa shape index (κ1) is 26.8. The Bertz CT molecular complexity index is 1510. The quantitative estimate of drug-likeness (QED) is 0.458. The zero-order valence-electron chi connectivity index (χ0n) is 22.0. The fourth-order valence-corrected chi connectivity index (χ4v) is 5.96. The van der Waals surface area contributed by atoms with Crippen LogP contribution in [0.15, 0.2) is 36.7 Å². The molecule has 0 fully saturated rings. The number of sulfonamides is 1. The second-order valence-corrected chi connectivity index (χ2v) is 12.4. The SMILES string of the molecule is Cc1ccc(-c2c(C)c3c(c(C)c2[C@H](OC(C)(C)C)C(=O)O)N(S(C)(=O)=O)Cc2cncc(F)c2-3)cc1. The molecule has 196 valence electrons. The largest absolute Gasteiger partial charge is 0.479 e. The molecule has 0 radical (unpaired) electrons. The summed E-state index contributed by atoms with van der Waals surface area (Å²) in [5, 5.41) is 10.3. The average molecular weight is 527 g/mol. The van der Waals surface area contributed by atoms with Gasteiger partial charge in [0.2, 0.25) is 10.0 Å². The van der Waals surface area contributed by atoms with Crippen LogP contribution in [0.4, 0.5) is 10.1 Å². The summed E-state index contributed by atoms with van der Waals surface area (Å²) in [5.41, 5.74) is 4.17. The molecule has 0 amide bonds. The van der Waals surface area contributed by atoms with Crippen molar-refractivity contribution in [3.05, 3.63) is 70.3 Å². The smallest absolute Gasteiger partial charge is 0.337 e. The first-order valence-electron chi connectivity index (χ1n) is 11.9. The number of carboxylic acids is 1. The Morgan fingerprint density at radius 2 is 1.68 bits per heavy atom. The number of hydrogen-bond donors (Lipinski definition) is 1. The molecular weight excluding hydrogens is 495 g/mol. The van der Waals surface area contributed by atoms with Gasteiger partial charge in [0.1, 0.15) is 5.82 Å². The third-order valence-electron chi connectivity index (χ3n) is 6.51. The Labute approximate surface area is 217 Å². The highest BCUT2D eigenvalue weighted by atomic mass is 32.2. The number of rotatable bonds is 5. The van der Waals surface area contributed by atoms with Gasteiger partial charge in [0.05, 0.1) is 30.3 Å². The van der Waals surface area contributed by atoms with Crippen molar-refractivity contribution >= 4 is 21.7 Å². The van der Waals surface area contributed by atoms with Gasteiger partial charge in [-0.1, -0.05) is 29.8 Å². The van der Waals surface area contributed by atoms with Gasteiger partial charge in [0.25, 0.3) is 0 Å². The molecule has 2 heterocycles. The van der Waals surface area contributed by atoms with Gasteiger partial charge in [0, 0.05) is 28.5 Å². The van der Waals surface area contributed by atoms with E-state index in [0.717, 1.165) is 23.6 Å². The fraction of sp³-hybridized carbons (Fsp3) is 0.357. The lowest BCUT2D eigenvalue weighted by Gasteiger charge is -2.37. The molecule has 7 nitrogen and oxygen atoms in total. The number of halogens is 1. The molecule has 0 aliphatic carbocycles. The lowest BCUT2D eigenvalue weighted by Crippen LogP contribution is -2.35. The molecule has 3 aromatic rings. The molecule has 0 spiro atoms. The zero-order valence-corrected chi connectivity index (χ0v) is 22.8. The fourth-order valence-electron chi connectivity index (χ4n) is 5.02. The van der Waals surface area contributed by atoms with E-state index < -0.39 is 33.5 Å². The Morgan fingerprint density at radius 1 is 1.05 bits per heavy atom. The molecule has 0 bridgehead atoms. The second kappa shape index (κ2) is 9.22. The van der Waals surface area contributed by atoms with Crippen LogP contribution in [-0.4, -0.2) is 36.3 Å².